The number of halogens is 1. The fourth-order valence-electron chi connectivity index (χ4n) is 1.15. The molecule has 0 aliphatic rings. The molecule has 4 heteroatoms. The highest BCUT2D eigenvalue weighted by atomic mass is 35.5. The first kappa shape index (κ1) is 10.8. The van der Waals surface area contributed by atoms with Crippen LogP contribution in [0.25, 0.3) is 0 Å². The summed E-state index contributed by atoms with van der Waals surface area (Å²) in [5.74, 6) is 0. The minimum Gasteiger partial charge on any atom is -0.364 e. The van der Waals surface area contributed by atoms with Crippen molar-refractivity contribution in [1.29, 1.82) is 0 Å². The van der Waals surface area contributed by atoms with Crippen LogP contribution in [-0.2, 0) is 0 Å². The van der Waals surface area contributed by atoms with Gasteiger partial charge in [0.25, 0.3) is 0 Å². The van der Waals surface area contributed by atoms with Crippen LogP contribution in [0.5, 0.6) is 0 Å². The molecular formula is C9H15ClN2S. The number of nitrogens with two attached hydrogens (primary N) is 1. The Bertz CT molecular complexity index is 262. The molecule has 1 unspecified atom stereocenters. The predicted molar refractivity (Wildman–Crippen MR) is 60.9 cm³/mol. The Morgan fingerprint density at radius 2 is 2.31 bits per heavy atom. The van der Waals surface area contributed by atoms with Crippen molar-refractivity contribution in [3.8, 4) is 0 Å². The van der Waals surface area contributed by atoms with Gasteiger partial charge in [0.2, 0.25) is 0 Å². The highest BCUT2D eigenvalue weighted by Gasteiger charge is 2.10. The third-order valence-electron chi connectivity index (χ3n) is 2.15. The molecule has 0 spiro atoms. The van der Waals surface area contributed by atoms with E-state index in [1.807, 2.05) is 12.1 Å². The summed E-state index contributed by atoms with van der Waals surface area (Å²) in [7, 11) is 2.07. The van der Waals surface area contributed by atoms with Crippen LogP contribution in [-0.4, -0.2) is 19.6 Å². The van der Waals surface area contributed by atoms with Gasteiger partial charge in [-0.3, -0.25) is 0 Å². The van der Waals surface area contributed by atoms with Crippen molar-refractivity contribution in [3.05, 3.63) is 16.5 Å². The Balaban J connectivity index is 2.61. The van der Waals surface area contributed by atoms with E-state index in [4.69, 9.17) is 17.3 Å². The molecule has 1 atom stereocenters. The van der Waals surface area contributed by atoms with E-state index in [9.17, 15) is 0 Å². The van der Waals surface area contributed by atoms with Crippen molar-refractivity contribution in [3.63, 3.8) is 0 Å². The summed E-state index contributed by atoms with van der Waals surface area (Å²) in [4.78, 5) is 2.21. The van der Waals surface area contributed by atoms with Crippen LogP contribution in [0, 0.1) is 0 Å². The van der Waals surface area contributed by atoms with Crippen LogP contribution in [0.2, 0.25) is 4.34 Å². The molecule has 1 aromatic rings. The number of anilines is 1. The maximum Gasteiger partial charge on any atom is 0.0950 e. The topological polar surface area (TPSA) is 29.3 Å². The van der Waals surface area contributed by atoms with E-state index in [2.05, 4.69) is 18.9 Å². The molecule has 1 heterocycles. The van der Waals surface area contributed by atoms with Gasteiger partial charge < -0.3 is 10.6 Å². The van der Waals surface area contributed by atoms with Crippen molar-refractivity contribution < 1.29 is 0 Å². The summed E-state index contributed by atoms with van der Waals surface area (Å²) in [5, 5.41) is 1.20. The summed E-state index contributed by atoms with van der Waals surface area (Å²) in [5.41, 5.74) is 5.50. The first-order valence-corrected chi connectivity index (χ1v) is 5.53. The van der Waals surface area contributed by atoms with Gasteiger partial charge >= 0.3 is 0 Å². The third kappa shape index (κ3) is 2.86. The molecule has 0 aliphatic carbocycles. The number of nitrogens with zero attached hydrogens (tertiary/aromatic N) is 1. The summed E-state index contributed by atoms with van der Waals surface area (Å²) in [6.07, 6.45) is 1.01. The first-order chi connectivity index (χ1) is 6.15. The standard InChI is InChI=1S/C9H15ClN2S/c1-7(5-6-11)12(2)9-4-3-8(10)13-9/h3-4,7H,5-6,11H2,1-2H3. The Labute approximate surface area is 88.3 Å². The fraction of sp³-hybridized carbons (Fsp3) is 0.556. The van der Waals surface area contributed by atoms with E-state index >= 15 is 0 Å². The second-order valence-corrected chi connectivity index (χ2v) is 4.81. The summed E-state index contributed by atoms with van der Waals surface area (Å²) in [6, 6.07) is 4.44. The van der Waals surface area contributed by atoms with E-state index < -0.39 is 0 Å². The molecule has 1 rings (SSSR count). The maximum atomic E-state index is 5.85. The van der Waals surface area contributed by atoms with Crippen LogP contribution < -0.4 is 10.6 Å². The van der Waals surface area contributed by atoms with Gasteiger partial charge in [0, 0.05) is 13.1 Å². The van der Waals surface area contributed by atoms with Crippen molar-refractivity contribution in [2.75, 3.05) is 18.5 Å². The second kappa shape index (κ2) is 4.84. The Kier molecular flexibility index (Phi) is 4.03. The number of hydrogen-bond acceptors (Lipinski definition) is 3. The minimum absolute atomic E-state index is 0.472. The molecule has 1 aromatic heterocycles. The van der Waals surface area contributed by atoms with Crippen molar-refractivity contribution in [1.82, 2.24) is 0 Å². The van der Waals surface area contributed by atoms with E-state index in [-0.39, 0.29) is 0 Å². The first-order valence-electron chi connectivity index (χ1n) is 4.33. The number of hydrogen-bond donors (Lipinski definition) is 1. The van der Waals surface area contributed by atoms with Gasteiger partial charge in [0.05, 0.1) is 9.34 Å². The monoisotopic (exact) mass is 218 g/mol. The molecule has 0 bridgehead atoms. The lowest BCUT2D eigenvalue weighted by molar-refractivity contribution is 0.638. The van der Waals surface area contributed by atoms with Gasteiger partial charge in [-0.05, 0) is 32.0 Å². The number of rotatable bonds is 4. The molecule has 0 saturated heterocycles. The van der Waals surface area contributed by atoms with Gasteiger partial charge in [0.1, 0.15) is 0 Å². The number of thiophene rings is 1. The van der Waals surface area contributed by atoms with E-state index in [1.54, 1.807) is 11.3 Å². The van der Waals surface area contributed by atoms with Crippen molar-refractivity contribution in [2.24, 2.45) is 5.73 Å². The van der Waals surface area contributed by atoms with Crippen LogP contribution in [0.15, 0.2) is 12.1 Å². The van der Waals surface area contributed by atoms with E-state index in [0.29, 0.717) is 6.04 Å². The lowest BCUT2D eigenvalue weighted by atomic mass is 10.2. The van der Waals surface area contributed by atoms with Gasteiger partial charge in [0.15, 0.2) is 0 Å². The molecule has 0 saturated carbocycles. The molecule has 13 heavy (non-hydrogen) atoms. The zero-order valence-corrected chi connectivity index (χ0v) is 9.53. The minimum atomic E-state index is 0.472. The smallest absolute Gasteiger partial charge is 0.0950 e. The van der Waals surface area contributed by atoms with Crippen molar-refractivity contribution >= 4 is 27.9 Å². The van der Waals surface area contributed by atoms with Crippen LogP contribution in [0.4, 0.5) is 5.00 Å². The fourth-order valence-corrected chi connectivity index (χ4v) is 2.24. The van der Waals surface area contributed by atoms with E-state index in [0.717, 1.165) is 17.3 Å². The SMILES string of the molecule is CC(CCN)N(C)c1ccc(Cl)s1. The van der Waals surface area contributed by atoms with Crippen LogP contribution in [0.1, 0.15) is 13.3 Å². The molecule has 0 aromatic carbocycles. The summed E-state index contributed by atoms with van der Waals surface area (Å²) < 4.78 is 0.835. The Hall–Kier alpha value is -0.250. The average Bonchev–Trinajstić information content (AvgIpc) is 2.51. The van der Waals surface area contributed by atoms with Gasteiger partial charge in [-0.2, -0.15) is 0 Å². The Morgan fingerprint density at radius 1 is 1.62 bits per heavy atom. The average molecular weight is 219 g/mol. The second-order valence-electron chi connectivity index (χ2n) is 3.12. The molecule has 2 nitrogen and oxygen atoms in total. The molecule has 0 fully saturated rings. The molecule has 2 N–H and O–H groups in total. The van der Waals surface area contributed by atoms with Gasteiger partial charge in [-0.15, -0.1) is 11.3 Å². The molecule has 0 radical (unpaired) electrons. The molecule has 0 amide bonds. The normalized spacial score (nSPS) is 12.9. The molecular weight excluding hydrogens is 204 g/mol. The van der Waals surface area contributed by atoms with Crippen molar-refractivity contribution in [2.45, 2.75) is 19.4 Å². The van der Waals surface area contributed by atoms with Gasteiger partial charge in [-0.25, -0.2) is 0 Å². The van der Waals surface area contributed by atoms with Gasteiger partial charge in [-0.1, -0.05) is 11.6 Å². The Morgan fingerprint density at radius 3 is 2.77 bits per heavy atom. The lowest BCUT2D eigenvalue weighted by Gasteiger charge is -2.24. The highest BCUT2D eigenvalue weighted by molar-refractivity contribution is 7.19. The zero-order chi connectivity index (χ0) is 9.84. The zero-order valence-electron chi connectivity index (χ0n) is 7.96. The molecule has 0 aliphatic heterocycles. The van der Waals surface area contributed by atoms with E-state index in [1.165, 1.54) is 5.00 Å². The van der Waals surface area contributed by atoms with Crippen LogP contribution >= 0.6 is 22.9 Å². The highest BCUT2D eigenvalue weighted by Crippen LogP contribution is 2.30. The largest absolute Gasteiger partial charge is 0.364 e. The lowest BCUT2D eigenvalue weighted by Crippen LogP contribution is -2.30. The summed E-state index contributed by atoms with van der Waals surface area (Å²) >= 11 is 7.45. The third-order valence-corrected chi connectivity index (χ3v) is 3.47. The maximum absolute atomic E-state index is 5.85. The predicted octanol–water partition coefficient (Wildman–Crippen LogP) is 2.58. The molecule has 74 valence electrons. The summed E-state index contributed by atoms with van der Waals surface area (Å²) in [6.45, 7) is 2.89. The van der Waals surface area contributed by atoms with Crippen LogP contribution in [0.3, 0.4) is 0 Å². The quantitative estimate of drug-likeness (QED) is 0.842.